The van der Waals surface area contributed by atoms with Crippen molar-refractivity contribution in [2.75, 3.05) is 7.11 Å². The molecule has 0 aromatic heterocycles. The Morgan fingerprint density at radius 3 is 2.25 bits per heavy atom. The number of halogens is 4. The third-order valence-electron chi connectivity index (χ3n) is 1.92. The molecule has 7 nitrogen and oxygen atoms in total. The van der Waals surface area contributed by atoms with Gasteiger partial charge in [0.05, 0.1) is 16.9 Å². The summed E-state index contributed by atoms with van der Waals surface area (Å²) in [5, 5.41) is 10.7. The van der Waals surface area contributed by atoms with E-state index in [1.165, 1.54) is 0 Å². The molecule has 1 aromatic carbocycles. The number of hydrogen-bond acceptors (Lipinski definition) is 6. The smallest absolute Gasteiger partial charge is 0.488 e. The minimum atomic E-state index is -5.20. The summed E-state index contributed by atoms with van der Waals surface area (Å²) in [7, 11) is 1.31. The highest BCUT2D eigenvalue weighted by atomic mass is 35.7. The van der Waals surface area contributed by atoms with Crippen molar-refractivity contribution in [3.63, 3.8) is 0 Å². The molecule has 20 heavy (non-hydrogen) atoms. The molecule has 0 bridgehead atoms. The summed E-state index contributed by atoms with van der Waals surface area (Å²) in [6.07, 6.45) is -5.20. The van der Waals surface area contributed by atoms with Crippen molar-refractivity contribution in [1.82, 2.24) is 0 Å². The van der Waals surface area contributed by atoms with E-state index in [9.17, 15) is 31.7 Å². The standard InChI is InChI=1S/C8H5ClF3NO6S/c1-18-7-5(13(14)15)2-4(20(9,16)17)3-6(7)19-8(10,11)12/h2-3H,1H3. The average Bonchev–Trinajstić information content (AvgIpc) is 2.24. The van der Waals surface area contributed by atoms with Crippen LogP contribution in [-0.2, 0) is 9.05 Å². The van der Waals surface area contributed by atoms with Gasteiger partial charge in [-0.1, -0.05) is 0 Å². The lowest BCUT2D eigenvalue weighted by Crippen LogP contribution is -2.18. The lowest BCUT2D eigenvalue weighted by molar-refractivity contribution is -0.386. The van der Waals surface area contributed by atoms with Crippen molar-refractivity contribution in [3.8, 4) is 11.5 Å². The van der Waals surface area contributed by atoms with Crippen molar-refractivity contribution >= 4 is 25.4 Å². The van der Waals surface area contributed by atoms with E-state index in [4.69, 9.17) is 10.7 Å². The van der Waals surface area contributed by atoms with Crippen molar-refractivity contribution in [1.29, 1.82) is 0 Å². The largest absolute Gasteiger partial charge is 0.573 e. The number of nitro benzene ring substituents is 1. The summed E-state index contributed by atoms with van der Waals surface area (Å²) in [5.74, 6) is -2.06. The average molecular weight is 336 g/mol. The molecule has 0 atom stereocenters. The van der Waals surface area contributed by atoms with E-state index in [1.54, 1.807) is 0 Å². The molecule has 0 saturated carbocycles. The van der Waals surface area contributed by atoms with Crippen LogP contribution in [0, 0.1) is 10.1 Å². The molecule has 112 valence electrons. The SMILES string of the molecule is COc1c(OC(F)(F)F)cc(S(=O)(=O)Cl)cc1[N+](=O)[O-]. The third-order valence-corrected chi connectivity index (χ3v) is 3.25. The Kier molecular flexibility index (Phi) is 4.34. The zero-order valence-electron chi connectivity index (χ0n) is 9.47. The van der Waals surface area contributed by atoms with Gasteiger partial charge >= 0.3 is 12.0 Å². The van der Waals surface area contributed by atoms with E-state index in [-0.39, 0.29) is 0 Å². The van der Waals surface area contributed by atoms with E-state index < -0.39 is 42.4 Å². The summed E-state index contributed by atoms with van der Waals surface area (Å²) < 4.78 is 66.7. The zero-order chi connectivity index (χ0) is 15.7. The van der Waals surface area contributed by atoms with E-state index in [1.807, 2.05) is 0 Å². The first-order valence-electron chi connectivity index (χ1n) is 4.52. The Morgan fingerprint density at radius 1 is 1.35 bits per heavy atom. The molecule has 0 radical (unpaired) electrons. The fourth-order valence-corrected chi connectivity index (χ4v) is 2.01. The molecule has 0 aliphatic carbocycles. The van der Waals surface area contributed by atoms with E-state index >= 15 is 0 Å². The minimum Gasteiger partial charge on any atom is -0.488 e. The molecule has 0 aliphatic heterocycles. The first-order valence-corrected chi connectivity index (χ1v) is 6.83. The number of nitrogens with zero attached hydrogens (tertiary/aromatic N) is 1. The number of methoxy groups -OCH3 is 1. The fraction of sp³-hybridized carbons (Fsp3) is 0.250. The molecule has 0 aliphatic rings. The Bertz CT molecular complexity index is 644. The summed E-state index contributed by atoms with van der Waals surface area (Å²) in [6.45, 7) is 0. The van der Waals surface area contributed by atoms with Crippen LogP contribution in [-0.4, -0.2) is 26.8 Å². The highest BCUT2D eigenvalue weighted by molar-refractivity contribution is 8.13. The first kappa shape index (κ1) is 16.3. The van der Waals surface area contributed by atoms with Gasteiger partial charge in [-0.25, -0.2) is 8.42 Å². The maximum atomic E-state index is 12.2. The molecular formula is C8H5ClF3NO6S. The second kappa shape index (κ2) is 5.32. The van der Waals surface area contributed by atoms with Gasteiger partial charge < -0.3 is 9.47 Å². The highest BCUT2D eigenvalue weighted by Crippen LogP contribution is 2.42. The van der Waals surface area contributed by atoms with E-state index in [0.717, 1.165) is 7.11 Å². The Morgan fingerprint density at radius 2 is 1.90 bits per heavy atom. The van der Waals surface area contributed by atoms with Crippen LogP contribution in [0.2, 0.25) is 0 Å². The molecule has 12 heteroatoms. The van der Waals surface area contributed by atoms with Crippen LogP contribution >= 0.6 is 10.7 Å². The predicted octanol–water partition coefficient (Wildman–Crippen LogP) is 2.43. The summed E-state index contributed by atoms with van der Waals surface area (Å²) >= 11 is 0. The number of hydrogen-bond donors (Lipinski definition) is 0. The van der Waals surface area contributed by atoms with Crippen LogP contribution in [0.4, 0.5) is 18.9 Å². The maximum Gasteiger partial charge on any atom is 0.573 e. The number of nitro groups is 1. The normalized spacial score (nSPS) is 12.1. The molecule has 0 heterocycles. The van der Waals surface area contributed by atoms with Gasteiger partial charge in [0, 0.05) is 22.8 Å². The van der Waals surface area contributed by atoms with Gasteiger partial charge in [-0.05, 0) is 0 Å². The molecule has 0 N–H and O–H groups in total. The second-order valence-corrected chi connectivity index (χ2v) is 5.78. The van der Waals surface area contributed by atoms with Gasteiger partial charge in [0.25, 0.3) is 9.05 Å². The van der Waals surface area contributed by atoms with Crippen LogP contribution in [0.1, 0.15) is 0 Å². The van der Waals surface area contributed by atoms with Crippen molar-refractivity contribution in [3.05, 3.63) is 22.2 Å². The summed E-state index contributed by atoms with van der Waals surface area (Å²) in [5.41, 5.74) is -1.03. The molecule has 1 rings (SSSR count). The molecule has 0 amide bonds. The van der Waals surface area contributed by atoms with Gasteiger partial charge in [-0.2, -0.15) is 0 Å². The van der Waals surface area contributed by atoms with Crippen molar-refractivity contribution in [2.24, 2.45) is 0 Å². The topological polar surface area (TPSA) is 95.7 Å². The van der Waals surface area contributed by atoms with Crippen molar-refractivity contribution < 1.29 is 36.0 Å². The molecule has 0 fully saturated rings. The lowest BCUT2D eigenvalue weighted by Gasteiger charge is -2.13. The fourth-order valence-electron chi connectivity index (χ4n) is 1.24. The molecule has 1 aromatic rings. The van der Waals surface area contributed by atoms with Gasteiger partial charge in [0.1, 0.15) is 0 Å². The lowest BCUT2D eigenvalue weighted by atomic mass is 10.2. The van der Waals surface area contributed by atoms with Gasteiger partial charge in [0.15, 0.2) is 5.75 Å². The van der Waals surface area contributed by atoms with E-state index in [0.29, 0.717) is 12.1 Å². The number of alkyl halides is 3. The predicted molar refractivity (Wildman–Crippen MR) is 59.4 cm³/mol. The summed E-state index contributed by atoms with van der Waals surface area (Å²) in [6, 6.07) is 0.839. The van der Waals surface area contributed by atoms with Crippen LogP contribution in [0.5, 0.6) is 11.5 Å². The van der Waals surface area contributed by atoms with Gasteiger partial charge in [-0.15, -0.1) is 13.2 Å². The van der Waals surface area contributed by atoms with E-state index in [2.05, 4.69) is 9.47 Å². The quantitative estimate of drug-likeness (QED) is 0.476. The number of benzene rings is 1. The Labute approximate surface area is 114 Å². The van der Waals surface area contributed by atoms with Gasteiger partial charge in [0.2, 0.25) is 5.75 Å². The number of ether oxygens (including phenoxy) is 2. The van der Waals surface area contributed by atoms with Crippen LogP contribution in [0.25, 0.3) is 0 Å². The van der Waals surface area contributed by atoms with Gasteiger partial charge in [-0.3, -0.25) is 10.1 Å². The van der Waals surface area contributed by atoms with Crippen molar-refractivity contribution in [2.45, 2.75) is 11.3 Å². The molecular weight excluding hydrogens is 331 g/mol. The monoisotopic (exact) mass is 335 g/mol. The third kappa shape index (κ3) is 3.87. The minimum absolute atomic E-state index is 0.377. The zero-order valence-corrected chi connectivity index (χ0v) is 11.0. The molecule has 0 saturated heterocycles. The Hall–Kier alpha value is -1.75. The highest BCUT2D eigenvalue weighted by Gasteiger charge is 2.36. The second-order valence-electron chi connectivity index (χ2n) is 3.22. The van der Waals surface area contributed by atoms with Crippen LogP contribution in [0.3, 0.4) is 0 Å². The number of rotatable bonds is 4. The maximum absolute atomic E-state index is 12.2. The summed E-state index contributed by atoms with van der Waals surface area (Å²) in [4.78, 5) is 8.67. The Balaban J connectivity index is 3.62. The van der Waals surface area contributed by atoms with Crippen LogP contribution in [0.15, 0.2) is 17.0 Å². The molecule has 0 unspecified atom stereocenters. The molecule has 0 spiro atoms. The van der Waals surface area contributed by atoms with Crippen LogP contribution < -0.4 is 9.47 Å². The first-order chi connectivity index (χ1) is 8.95.